The first kappa shape index (κ1) is 17.5. The first-order chi connectivity index (χ1) is 10.7. The van der Waals surface area contributed by atoms with Gasteiger partial charge in [-0.1, -0.05) is 20.4 Å². The molecule has 0 bridgehead atoms. The van der Waals surface area contributed by atoms with Gasteiger partial charge in [0.05, 0.1) is 0 Å². The second kappa shape index (κ2) is 6.34. The highest BCUT2D eigenvalue weighted by atomic mass is 16.4. The standard InChI is InChI=1S/C17H26N2O4/c1-11(2)10-13(15(21)22)18-9-7-17(16(18)23)6-5-8-19(17)14(20)12(3)4/h11,13H,3,5-10H2,1-2,4H3,(H,21,22)/t13-,17-/m1/s1. The summed E-state index contributed by atoms with van der Waals surface area (Å²) in [4.78, 5) is 40.1. The summed E-state index contributed by atoms with van der Waals surface area (Å²) in [6, 6.07) is -0.816. The van der Waals surface area contributed by atoms with E-state index in [1.54, 1.807) is 11.8 Å². The van der Waals surface area contributed by atoms with Gasteiger partial charge in [0.15, 0.2) is 0 Å². The maximum absolute atomic E-state index is 13.0. The molecule has 0 aliphatic carbocycles. The Hall–Kier alpha value is -1.85. The Balaban J connectivity index is 2.27. The number of hydrogen-bond acceptors (Lipinski definition) is 3. The van der Waals surface area contributed by atoms with E-state index in [0.29, 0.717) is 37.9 Å². The molecule has 2 saturated heterocycles. The summed E-state index contributed by atoms with van der Waals surface area (Å²) in [5.74, 6) is -1.21. The van der Waals surface area contributed by atoms with Crippen molar-refractivity contribution >= 4 is 17.8 Å². The van der Waals surface area contributed by atoms with Gasteiger partial charge in [0, 0.05) is 18.7 Å². The molecular formula is C17H26N2O4. The van der Waals surface area contributed by atoms with Gasteiger partial charge in [-0.25, -0.2) is 4.79 Å². The summed E-state index contributed by atoms with van der Waals surface area (Å²) >= 11 is 0. The molecule has 2 atom stereocenters. The Morgan fingerprint density at radius 2 is 1.96 bits per heavy atom. The van der Waals surface area contributed by atoms with Gasteiger partial charge in [-0.3, -0.25) is 9.59 Å². The van der Waals surface area contributed by atoms with Crippen LogP contribution < -0.4 is 0 Å². The molecule has 2 heterocycles. The Labute approximate surface area is 137 Å². The number of rotatable bonds is 5. The molecule has 2 amide bonds. The zero-order chi connectivity index (χ0) is 17.4. The zero-order valence-corrected chi connectivity index (χ0v) is 14.2. The first-order valence-corrected chi connectivity index (χ1v) is 8.22. The lowest BCUT2D eigenvalue weighted by Crippen LogP contribution is -2.55. The number of carbonyl (C=O) groups excluding carboxylic acids is 2. The third-order valence-electron chi connectivity index (χ3n) is 4.88. The minimum atomic E-state index is -0.972. The molecular weight excluding hydrogens is 296 g/mol. The molecule has 0 radical (unpaired) electrons. The molecule has 128 valence electrons. The van der Waals surface area contributed by atoms with Gasteiger partial charge < -0.3 is 14.9 Å². The van der Waals surface area contributed by atoms with Crippen LogP contribution in [-0.4, -0.2) is 57.4 Å². The number of carboxylic acid groups (broad SMARTS) is 1. The van der Waals surface area contributed by atoms with Crippen LogP contribution in [-0.2, 0) is 14.4 Å². The van der Waals surface area contributed by atoms with Crippen LogP contribution in [0.4, 0.5) is 0 Å². The fourth-order valence-electron chi connectivity index (χ4n) is 3.77. The van der Waals surface area contributed by atoms with Crippen LogP contribution in [0, 0.1) is 5.92 Å². The summed E-state index contributed by atoms with van der Waals surface area (Å²) < 4.78 is 0. The summed E-state index contributed by atoms with van der Waals surface area (Å²) in [6.07, 6.45) is 2.30. The molecule has 0 unspecified atom stereocenters. The molecule has 23 heavy (non-hydrogen) atoms. The van der Waals surface area contributed by atoms with Crippen LogP contribution >= 0.6 is 0 Å². The van der Waals surface area contributed by atoms with E-state index in [1.165, 1.54) is 4.90 Å². The summed E-state index contributed by atoms with van der Waals surface area (Å²) in [7, 11) is 0. The molecule has 2 aliphatic heterocycles. The van der Waals surface area contributed by atoms with Crippen LogP contribution in [0.1, 0.15) is 46.5 Å². The first-order valence-electron chi connectivity index (χ1n) is 8.22. The Kier molecular flexibility index (Phi) is 4.82. The maximum Gasteiger partial charge on any atom is 0.326 e. The van der Waals surface area contributed by atoms with Crippen LogP contribution in [0.15, 0.2) is 12.2 Å². The van der Waals surface area contributed by atoms with E-state index in [1.807, 2.05) is 13.8 Å². The number of amides is 2. The Morgan fingerprint density at radius 3 is 2.48 bits per heavy atom. The SMILES string of the molecule is C=C(C)C(=O)N1CCC[C@]12CCN([C@H](CC(C)C)C(=O)O)C2=O. The molecule has 2 aliphatic rings. The maximum atomic E-state index is 13.0. The fourth-order valence-corrected chi connectivity index (χ4v) is 3.77. The van der Waals surface area contributed by atoms with E-state index >= 15 is 0 Å². The minimum Gasteiger partial charge on any atom is -0.480 e. The molecule has 6 nitrogen and oxygen atoms in total. The quantitative estimate of drug-likeness (QED) is 0.781. The van der Waals surface area contributed by atoms with Crippen molar-refractivity contribution in [2.24, 2.45) is 5.92 Å². The zero-order valence-electron chi connectivity index (χ0n) is 14.2. The molecule has 6 heteroatoms. The third-order valence-corrected chi connectivity index (χ3v) is 4.88. The highest BCUT2D eigenvalue weighted by Gasteiger charge is 2.56. The number of nitrogens with zero attached hydrogens (tertiary/aromatic N) is 2. The topological polar surface area (TPSA) is 77.9 Å². The van der Waals surface area contributed by atoms with Crippen molar-refractivity contribution in [1.82, 2.24) is 9.80 Å². The summed E-state index contributed by atoms with van der Waals surface area (Å²) in [5.41, 5.74) is -0.449. The minimum absolute atomic E-state index is 0.178. The number of likely N-dealkylation sites (tertiary alicyclic amines) is 2. The molecule has 1 N–H and O–H groups in total. The predicted octanol–water partition coefficient (Wildman–Crippen LogP) is 1.66. The summed E-state index contributed by atoms with van der Waals surface area (Å²) in [6.45, 7) is 10.1. The average molecular weight is 322 g/mol. The molecule has 0 aromatic rings. The Bertz CT molecular complexity index is 543. The van der Waals surface area contributed by atoms with Gasteiger partial charge in [0.1, 0.15) is 11.6 Å². The highest BCUT2D eigenvalue weighted by Crippen LogP contribution is 2.40. The molecule has 0 saturated carbocycles. The van der Waals surface area contributed by atoms with Crippen LogP contribution in [0.25, 0.3) is 0 Å². The lowest BCUT2D eigenvalue weighted by molar-refractivity contribution is -0.153. The molecule has 2 fully saturated rings. The van der Waals surface area contributed by atoms with Crippen molar-refractivity contribution in [3.63, 3.8) is 0 Å². The van der Waals surface area contributed by atoms with Gasteiger partial charge in [-0.05, 0) is 38.5 Å². The van der Waals surface area contributed by atoms with E-state index in [9.17, 15) is 19.5 Å². The van der Waals surface area contributed by atoms with E-state index in [-0.39, 0.29) is 17.7 Å². The van der Waals surface area contributed by atoms with Crippen molar-refractivity contribution in [3.8, 4) is 0 Å². The van der Waals surface area contributed by atoms with E-state index in [2.05, 4.69) is 6.58 Å². The normalized spacial score (nSPS) is 25.5. The smallest absolute Gasteiger partial charge is 0.326 e. The predicted molar refractivity (Wildman–Crippen MR) is 85.7 cm³/mol. The van der Waals surface area contributed by atoms with E-state index in [0.717, 1.165) is 6.42 Å². The third kappa shape index (κ3) is 2.99. The van der Waals surface area contributed by atoms with Crippen LogP contribution in [0.3, 0.4) is 0 Å². The van der Waals surface area contributed by atoms with Gasteiger partial charge in [0.2, 0.25) is 11.8 Å². The summed E-state index contributed by atoms with van der Waals surface area (Å²) in [5, 5.41) is 9.51. The largest absolute Gasteiger partial charge is 0.480 e. The number of aliphatic carboxylic acids is 1. The number of carboxylic acids is 1. The molecule has 1 spiro atoms. The second-order valence-corrected chi connectivity index (χ2v) is 7.10. The van der Waals surface area contributed by atoms with Crippen molar-refractivity contribution in [2.75, 3.05) is 13.1 Å². The monoisotopic (exact) mass is 322 g/mol. The van der Waals surface area contributed by atoms with Crippen molar-refractivity contribution in [3.05, 3.63) is 12.2 Å². The fraction of sp³-hybridized carbons (Fsp3) is 0.706. The van der Waals surface area contributed by atoms with Gasteiger partial charge >= 0.3 is 5.97 Å². The second-order valence-electron chi connectivity index (χ2n) is 7.10. The van der Waals surface area contributed by atoms with E-state index < -0.39 is 17.6 Å². The Morgan fingerprint density at radius 1 is 1.30 bits per heavy atom. The van der Waals surface area contributed by atoms with Crippen LogP contribution in [0.2, 0.25) is 0 Å². The van der Waals surface area contributed by atoms with E-state index in [4.69, 9.17) is 0 Å². The van der Waals surface area contributed by atoms with Crippen molar-refractivity contribution in [1.29, 1.82) is 0 Å². The van der Waals surface area contributed by atoms with Gasteiger partial charge in [-0.2, -0.15) is 0 Å². The van der Waals surface area contributed by atoms with Crippen molar-refractivity contribution in [2.45, 2.75) is 58.0 Å². The number of hydrogen-bond donors (Lipinski definition) is 1. The lowest BCUT2D eigenvalue weighted by atomic mass is 9.93. The lowest BCUT2D eigenvalue weighted by Gasteiger charge is -2.34. The van der Waals surface area contributed by atoms with Gasteiger partial charge in [-0.15, -0.1) is 0 Å². The van der Waals surface area contributed by atoms with Gasteiger partial charge in [0.25, 0.3) is 0 Å². The highest BCUT2D eigenvalue weighted by molar-refractivity contribution is 6.00. The average Bonchev–Trinajstić information content (AvgIpc) is 3.02. The van der Waals surface area contributed by atoms with Crippen LogP contribution in [0.5, 0.6) is 0 Å². The molecule has 2 rings (SSSR count). The molecule has 0 aromatic carbocycles. The number of carbonyl (C=O) groups is 3. The molecule has 0 aromatic heterocycles. The van der Waals surface area contributed by atoms with Crippen molar-refractivity contribution < 1.29 is 19.5 Å².